The number of Topliss-reactive ketones (excluding diaryl/α,β-unsaturated/α-hetero) is 1. The van der Waals surface area contributed by atoms with Crippen LogP contribution in [0.3, 0.4) is 0 Å². The lowest BCUT2D eigenvalue weighted by Crippen LogP contribution is -2.02. The van der Waals surface area contributed by atoms with E-state index in [-0.39, 0.29) is 5.78 Å². The number of hydrogen-bond donors (Lipinski definition) is 0. The van der Waals surface area contributed by atoms with Gasteiger partial charge in [0.1, 0.15) is 0 Å². The summed E-state index contributed by atoms with van der Waals surface area (Å²) in [4.78, 5) is 12.1. The van der Waals surface area contributed by atoms with Gasteiger partial charge in [0.25, 0.3) is 0 Å². The van der Waals surface area contributed by atoms with E-state index < -0.39 is 0 Å². The molecule has 0 aliphatic carbocycles. The van der Waals surface area contributed by atoms with Crippen LogP contribution in [0, 0.1) is 0 Å². The molecule has 0 amide bonds. The Kier molecular flexibility index (Phi) is 4.66. The van der Waals surface area contributed by atoms with Gasteiger partial charge in [-0.05, 0) is 58.3 Å². The zero-order chi connectivity index (χ0) is 13.9. The van der Waals surface area contributed by atoms with Crippen LogP contribution in [0.1, 0.15) is 57.5 Å². The minimum Gasteiger partial charge on any atom is -0.289 e. The van der Waals surface area contributed by atoms with Crippen LogP contribution in [0.2, 0.25) is 0 Å². The Bertz CT molecular complexity index is 505. The molecule has 0 bridgehead atoms. The molecule has 1 aromatic rings. The minimum atomic E-state index is 0.122. The zero-order valence-electron chi connectivity index (χ0n) is 12.2. The first-order valence-corrected chi connectivity index (χ1v) is 6.28. The number of carbonyl (C=O) groups excluding carboxylic acids is 1. The van der Waals surface area contributed by atoms with Crippen LogP contribution >= 0.6 is 0 Å². The predicted octanol–water partition coefficient (Wildman–Crippen LogP) is 5.04. The Labute approximate surface area is 110 Å². The Morgan fingerprint density at radius 1 is 0.722 bits per heavy atom. The summed E-state index contributed by atoms with van der Waals surface area (Å²) in [6.45, 7) is 12.1. The molecule has 0 saturated heterocycles. The van der Waals surface area contributed by atoms with E-state index in [2.05, 4.69) is 20.8 Å². The molecule has 96 valence electrons. The fraction of sp³-hybridized carbons (Fsp3) is 0.353. The van der Waals surface area contributed by atoms with Crippen LogP contribution in [-0.2, 0) is 0 Å². The van der Waals surface area contributed by atoms with Gasteiger partial charge in [-0.25, -0.2) is 0 Å². The molecule has 1 nitrogen and oxygen atoms in total. The van der Waals surface area contributed by atoms with E-state index in [0.717, 1.165) is 16.7 Å². The van der Waals surface area contributed by atoms with Crippen molar-refractivity contribution in [3.8, 4) is 0 Å². The number of ketones is 1. The van der Waals surface area contributed by atoms with E-state index in [1.165, 1.54) is 16.7 Å². The highest BCUT2D eigenvalue weighted by atomic mass is 16.1. The number of hydrogen-bond acceptors (Lipinski definition) is 1. The quantitative estimate of drug-likeness (QED) is 0.536. The molecule has 0 radical (unpaired) electrons. The summed E-state index contributed by atoms with van der Waals surface area (Å²) < 4.78 is 0. The third kappa shape index (κ3) is 3.19. The maximum absolute atomic E-state index is 12.1. The fourth-order valence-electron chi connectivity index (χ4n) is 1.60. The largest absolute Gasteiger partial charge is 0.289 e. The van der Waals surface area contributed by atoms with Crippen molar-refractivity contribution in [3.05, 3.63) is 52.1 Å². The second-order valence-corrected chi connectivity index (χ2v) is 5.16. The molecule has 0 unspecified atom stereocenters. The maximum Gasteiger partial charge on any atom is 0.188 e. The lowest BCUT2D eigenvalue weighted by atomic mass is 9.97. The lowest BCUT2D eigenvalue weighted by molar-refractivity contribution is 0.103. The van der Waals surface area contributed by atoms with Crippen LogP contribution in [0.15, 0.2) is 41.0 Å². The SMILES string of the molecule is CC(C)=C(C)C(=O)c1ccc(C(C)=C(C)C)cc1. The van der Waals surface area contributed by atoms with Crippen LogP contribution in [0.5, 0.6) is 0 Å². The highest BCUT2D eigenvalue weighted by Crippen LogP contribution is 2.19. The lowest BCUT2D eigenvalue weighted by Gasteiger charge is -2.07. The molecule has 1 aromatic carbocycles. The Balaban J connectivity index is 3.09. The number of carbonyl (C=O) groups is 1. The first kappa shape index (κ1) is 14.4. The molecule has 1 heteroatoms. The van der Waals surface area contributed by atoms with E-state index in [9.17, 15) is 4.79 Å². The molecule has 18 heavy (non-hydrogen) atoms. The Hall–Kier alpha value is -1.63. The third-order valence-electron chi connectivity index (χ3n) is 3.42. The summed E-state index contributed by atoms with van der Waals surface area (Å²) in [6.07, 6.45) is 0. The van der Waals surface area contributed by atoms with E-state index in [0.29, 0.717) is 0 Å². The molecule has 0 fully saturated rings. The molecule has 0 aromatic heterocycles. The number of benzene rings is 1. The molecule has 0 heterocycles. The van der Waals surface area contributed by atoms with Crippen molar-refractivity contribution in [1.29, 1.82) is 0 Å². The van der Waals surface area contributed by atoms with Crippen molar-refractivity contribution < 1.29 is 4.79 Å². The molecule has 0 aliphatic heterocycles. The summed E-state index contributed by atoms with van der Waals surface area (Å²) in [5.74, 6) is 0.122. The van der Waals surface area contributed by atoms with Gasteiger partial charge in [0.15, 0.2) is 5.78 Å². The van der Waals surface area contributed by atoms with Gasteiger partial charge in [0, 0.05) is 5.56 Å². The van der Waals surface area contributed by atoms with Crippen molar-refractivity contribution >= 4 is 11.4 Å². The van der Waals surface area contributed by atoms with E-state index in [1.807, 2.05) is 45.0 Å². The summed E-state index contributed by atoms with van der Waals surface area (Å²) in [6, 6.07) is 7.87. The first-order chi connectivity index (χ1) is 8.34. The van der Waals surface area contributed by atoms with E-state index >= 15 is 0 Å². The highest BCUT2D eigenvalue weighted by molar-refractivity contribution is 6.08. The molecule has 0 N–H and O–H groups in total. The molecule has 0 aliphatic rings. The van der Waals surface area contributed by atoms with Gasteiger partial charge in [-0.15, -0.1) is 0 Å². The van der Waals surface area contributed by atoms with Crippen LogP contribution in [0.4, 0.5) is 0 Å². The molecule has 0 atom stereocenters. The minimum absolute atomic E-state index is 0.122. The smallest absolute Gasteiger partial charge is 0.188 e. The molecule has 0 saturated carbocycles. The van der Waals surface area contributed by atoms with Gasteiger partial charge in [-0.3, -0.25) is 4.79 Å². The summed E-state index contributed by atoms with van der Waals surface area (Å²) in [7, 11) is 0. The van der Waals surface area contributed by atoms with E-state index in [1.54, 1.807) is 0 Å². The van der Waals surface area contributed by atoms with Gasteiger partial charge in [0.05, 0.1) is 0 Å². The van der Waals surface area contributed by atoms with Crippen molar-refractivity contribution in [2.24, 2.45) is 0 Å². The molecule has 0 spiro atoms. The van der Waals surface area contributed by atoms with Crippen LogP contribution in [-0.4, -0.2) is 5.78 Å². The third-order valence-corrected chi connectivity index (χ3v) is 3.42. The average Bonchev–Trinajstić information content (AvgIpc) is 2.36. The molecular formula is C17H22O. The standard InChI is InChI=1S/C17H22O/c1-11(2)13(5)15-7-9-16(10-8-15)17(18)14(6)12(3)4/h7-10H,1-6H3. The fourth-order valence-corrected chi connectivity index (χ4v) is 1.60. The molecular weight excluding hydrogens is 220 g/mol. The van der Waals surface area contributed by atoms with Crippen molar-refractivity contribution in [1.82, 2.24) is 0 Å². The van der Waals surface area contributed by atoms with Crippen LogP contribution < -0.4 is 0 Å². The van der Waals surface area contributed by atoms with Crippen molar-refractivity contribution in [2.45, 2.75) is 41.5 Å². The van der Waals surface area contributed by atoms with Crippen LogP contribution in [0.25, 0.3) is 5.57 Å². The highest BCUT2D eigenvalue weighted by Gasteiger charge is 2.09. The van der Waals surface area contributed by atoms with Gasteiger partial charge >= 0.3 is 0 Å². The van der Waals surface area contributed by atoms with Crippen molar-refractivity contribution in [2.75, 3.05) is 0 Å². The summed E-state index contributed by atoms with van der Waals surface area (Å²) in [5.41, 5.74) is 6.43. The first-order valence-electron chi connectivity index (χ1n) is 6.28. The second kappa shape index (κ2) is 5.81. The second-order valence-electron chi connectivity index (χ2n) is 5.16. The van der Waals surface area contributed by atoms with Gasteiger partial charge in [-0.1, -0.05) is 35.4 Å². The topological polar surface area (TPSA) is 17.1 Å². The van der Waals surface area contributed by atoms with E-state index in [4.69, 9.17) is 0 Å². The van der Waals surface area contributed by atoms with Gasteiger partial charge in [0.2, 0.25) is 0 Å². The van der Waals surface area contributed by atoms with Gasteiger partial charge < -0.3 is 0 Å². The predicted molar refractivity (Wildman–Crippen MR) is 78.8 cm³/mol. The average molecular weight is 242 g/mol. The zero-order valence-corrected chi connectivity index (χ0v) is 12.2. The summed E-state index contributed by atoms with van der Waals surface area (Å²) in [5, 5.41) is 0. The maximum atomic E-state index is 12.1. The normalized spacial score (nSPS) is 9.89. The number of rotatable bonds is 3. The number of allylic oxidation sites excluding steroid dienone is 4. The monoisotopic (exact) mass is 242 g/mol. The Morgan fingerprint density at radius 3 is 1.56 bits per heavy atom. The Morgan fingerprint density at radius 2 is 1.17 bits per heavy atom. The molecule has 1 rings (SSSR count). The summed E-state index contributed by atoms with van der Waals surface area (Å²) >= 11 is 0. The van der Waals surface area contributed by atoms with Gasteiger partial charge in [-0.2, -0.15) is 0 Å². The van der Waals surface area contributed by atoms with Crippen molar-refractivity contribution in [3.63, 3.8) is 0 Å².